The maximum absolute atomic E-state index is 15.9. The highest BCUT2D eigenvalue weighted by molar-refractivity contribution is 5.88. The van der Waals surface area contributed by atoms with Crippen molar-refractivity contribution in [2.45, 2.75) is 174 Å². The number of hydrogen-bond acceptors (Lipinski definition) is 9. The first-order valence-electron chi connectivity index (χ1n) is 19.7. The smallest absolute Gasteiger partial charge is 0.430 e. The van der Waals surface area contributed by atoms with E-state index in [1.165, 1.54) is 0 Å². The molecule has 378 valence electrons. The molecule has 0 saturated heterocycles. The minimum Gasteiger partial charge on any atom is -0.452 e. The number of rotatable bonds is 13. The van der Waals surface area contributed by atoms with E-state index in [-0.39, 0.29) is 0 Å². The zero-order valence-corrected chi connectivity index (χ0v) is 34.7. The van der Waals surface area contributed by atoms with Gasteiger partial charge in [-0.25, -0.2) is 14.4 Å². The first kappa shape index (κ1) is 54.9. The number of aliphatic hydroxyl groups is 1. The Bertz CT molecular complexity index is 1880. The summed E-state index contributed by atoms with van der Waals surface area (Å²) in [5, 5.41) is 10.7. The maximum Gasteiger partial charge on any atom is 0.430 e. The molecule has 1 N–H and O–H groups in total. The van der Waals surface area contributed by atoms with Crippen molar-refractivity contribution in [3.8, 4) is 0 Å². The van der Waals surface area contributed by atoms with Crippen molar-refractivity contribution >= 4 is 17.9 Å². The second kappa shape index (κ2) is 17.0. The maximum atomic E-state index is 15.9. The fourth-order valence-corrected chi connectivity index (χ4v) is 10.1. The first-order valence-corrected chi connectivity index (χ1v) is 19.7. The third kappa shape index (κ3) is 8.45. The molecule has 0 aliphatic heterocycles. The number of hydrogen-bond donors (Lipinski definition) is 1. The lowest BCUT2D eigenvalue weighted by atomic mass is 9.67. The number of halogens is 18. The van der Waals surface area contributed by atoms with Gasteiger partial charge < -0.3 is 28.8 Å². The van der Waals surface area contributed by atoms with Gasteiger partial charge in [-0.15, -0.1) is 0 Å². The summed E-state index contributed by atoms with van der Waals surface area (Å²) in [6.45, 7) is 11.2. The molecule has 4 aliphatic carbocycles. The van der Waals surface area contributed by atoms with Crippen molar-refractivity contribution < 1.29 is 122 Å². The average Bonchev–Trinajstić information content (AvgIpc) is 3.85. The van der Waals surface area contributed by atoms with Crippen molar-refractivity contribution in [3.05, 3.63) is 36.5 Å². The minimum absolute atomic E-state index is 0.546. The topological polar surface area (TPSA) is 118 Å². The number of ether oxygens (including phenoxy) is 5. The summed E-state index contributed by atoms with van der Waals surface area (Å²) in [5.41, 5.74) is -34.3. The van der Waals surface area contributed by atoms with E-state index in [1.807, 2.05) is 0 Å². The molecule has 0 radical (unpaired) electrons. The lowest BCUT2D eigenvalue weighted by Gasteiger charge is -2.56. The van der Waals surface area contributed by atoms with E-state index in [4.69, 9.17) is 18.9 Å². The molecule has 0 amide bonds. The van der Waals surface area contributed by atoms with E-state index in [0.717, 1.165) is 6.92 Å². The van der Waals surface area contributed by atoms with E-state index < -0.39 is 200 Å². The minimum atomic E-state index is -7.19. The van der Waals surface area contributed by atoms with Crippen LogP contribution in [0.1, 0.15) is 91.4 Å². The highest BCUT2D eigenvalue weighted by Gasteiger charge is 2.89. The van der Waals surface area contributed by atoms with Gasteiger partial charge in [-0.3, -0.25) is 0 Å². The lowest BCUT2D eigenvalue weighted by Crippen LogP contribution is -2.78. The molecule has 4 rings (SSSR count). The van der Waals surface area contributed by atoms with Gasteiger partial charge in [0.15, 0.2) is 16.8 Å². The number of fused-ring (bicyclic) bond motifs is 2. The SMILES string of the molecule is C=C(C)C(=O)OC1(C(OC2CCCC(OC(=O)C(=C)C)(C(OC3CC4CC3C(OC(=O)C(=C)C)(C(O)(C(F)(F)F)C(F)(F)F)C4)(C(F)(F)F)C(F)(F)F)C2)(C(F)(F)F)C(F)(F)F)CCCC1. The second-order valence-corrected chi connectivity index (χ2v) is 17.3. The molecular formula is C39H42F18O9. The predicted octanol–water partition coefficient (Wildman–Crippen LogP) is 10.5. The summed E-state index contributed by atoms with van der Waals surface area (Å²) in [4.78, 5) is 38.5. The van der Waals surface area contributed by atoms with Crippen LogP contribution in [0.15, 0.2) is 36.5 Å². The van der Waals surface area contributed by atoms with Gasteiger partial charge in [0, 0.05) is 29.1 Å². The molecule has 9 nitrogen and oxygen atoms in total. The van der Waals surface area contributed by atoms with Gasteiger partial charge in [0.05, 0.1) is 12.2 Å². The number of carbonyl (C=O) groups is 3. The lowest BCUT2D eigenvalue weighted by molar-refractivity contribution is -0.457. The summed E-state index contributed by atoms with van der Waals surface area (Å²) in [7, 11) is 0. The Morgan fingerprint density at radius 2 is 0.894 bits per heavy atom. The van der Waals surface area contributed by atoms with Gasteiger partial charge in [-0.1, -0.05) is 19.7 Å². The Labute approximate surface area is 362 Å². The predicted molar refractivity (Wildman–Crippen MR) is 185 cm³/mol. The molecule has 0 spiro atoms. The van der Waals surface area contributed by atoms with Gasteiger partial charge in [0.25, 0.3) is 16.8 Å². The molecule has 0 heterocycles. The fourth-order valence-electron chi connectivity index (χ4n) is 10.1. The van der Waals surface area contributed by atoms with Crippen LogP contribution in [0.2, 0.25) is 0 Å². The second-order valence-electron chi connectivity index (χ2n) is 17.3. The van der Waals surface area contributed by atoms with E-state index in [2.05, 4.69) is 24.5 Å². The number of esters is 3. The molecular weight excluding hydrogens is 954 g/mol. The van der Waals surface area contributed by atoms with E-state index >= 15 is 52.7 Å². The number of carbonyl (C=O) groups excluding carboxylic acids is 3. The summed E-state index contributed by atoms with van der Waals surface area (Å²) in [6, 6.07) is 0. The quantitative estimate of drug-likeness (QED) is 0.0833. The Balaban J connectivity index is 2.06. The monoisotopic (exact) mass is 996 g/mol. The standard InChI is InChI=1S/C39H42F18O9/c1-18(2)25(58)64-28(11-7-8-12-28)32(36(46,47)48,37(49,50)51)62-22-10-9-13-29(17-22,65-26(59)19(3)4)33(38(52,53)54,39(55,56)57)63-24-15-21-14-23(24)30(16-21,66-27(60)20(5)6)31(61,34(40,41)42)35(43,44)45/h21-24,61H,1,3,5,7-17H2,2,4,6H3. The number of alkyl halides is 18. The Morgan fingerprint density at radius 1 is 0.515 bits per heavy atom. The molecule has 66 heavy (non-hydrogen) atoms. The van der Waals surface area contributed by atoms with Gasteiger partial charge in [-0.05, 0) is 90.9 Å². The van der Waals surface area contributed by atoms with Crippen LogP contribution >= 0.6 is 0 Å². The van der Waals surface area contributed by atoms with E-state index in [1.54, 1.807) is 0 Å². The zero-order chi connectivity index (χ0) is 51.1. The summed E-state index contributed by atoms with van der Waals surface area (Å²) >= 11 is 0. The van der Waals surface area contributed by atoms with Crippen molar-refractivity contribution in [1.29, 1.82) is 0 Å². The van der Waals surface area contributed by atoms with Crippen LogP contribution in [-0.2, 0) is 38.1 Å². The highest BCUT2D eigenvalue weighted by Crippen LogP contribution is 2.68. The molecule has 2 bridgehead atoms. The molecule has 4 fully saturated rings. The Kier molecular flexibility index (Phi) is 14.2. The van der Waals surface area contributed by atoms with Crippen molar-refractivity contribution in [1.82, 2.24) is 0 Å². The van der Waals surface area contributed by atoms with Gasteiger partial charge >= 0.3 is 55.0 Å². The molecule has 0 aromatic carbocycles. The van der Waals surface area contributed by atoms with Crippen molar-refractivity contribution in [3.63, 3.8) is 0 Å². The van der Waals surface area contributed by atoms with Crippen LogP contribution in [0.25, 0.3) is 0 Å². The van der Waals surface area contributed by atoms with E-state index in [0.29, 0.717) is 13.8 Å². The zero-order valence-electron chi connectivity index (χ0n) is 34.7. The van der Waals surface area contributed by atoms with E-state index in [9.17, 15) is 45.8 Å². The van der Waals surface area contributed by atoms with Gasteiger partial charge in [0.1, 0.15) is 0 Å². The third-order valence-electron chi connectivity index (χ3n) is 12.7. The van der Waals surface area contributed by atoms with Crippen LogP contribution in [0, 0.1) is 11.8 Å². The molecule has 4 aliphatic rings. The van der Waals surface area contributed by atoms with Gasteiger partial charge in [-0.2, -0.15) is 79.0 Å². The normalized spacial score (nSPS) is 27.9. The highest BCUT2D eigenvalue weighted by atomic mass is 19.4. The van der Waals surface area contributed by atoms with Gasteiger partial charge in [0.2, 0.25) is 0 Å². The van der Waals surface area contributed by atoms with Crippen LogP contribution < -0.4 is 0 Å². The molecule has 4 saturated carbocycles. The summed E-state index contributed by atoms with van der Waals surface area (Å²) < 4.78 is 299. The van der Waals surface area contributed by atoms with Crippen molar-refractivity contribution in [2.24, 2.45) is 11.8 Å². The van der Waals surface area contributed by atoms with Crippen LogP contribution in [0.4, 0.5) is 79.0 Å². The summed E-state index contributed by atoms with van der Waals surface area (Å²) in [6.07, 6.45) is -63.5. The molecule has 6 atom stereocenters. The summed E-state index contributed by atoms with van der Waals surface area (Å²) in [5.74, 6) is -11.3. The first-order chi connectivity index (χ1) is 29.5. The van der Waals surface area contributed by atoms with Crippen LogP contribution in [0.5, 0.6) is 0 Å². The van der Waals surface area contributed by atoms with Crippen molar-refractivity contribution in [2.75, 3.05) is 0 Å². The molecule has 0 aromatic heterocycles. The third-order valence-corrected chi connectivity index (χ3v) is 12.7. The van der Waals surface area contributed by atoms with Crippen LogP contribution in [-0.4, -0.2) is 106 Å². The van der Waals surface area contributed by atoms with Crippen LogP contribution in [0.3, 0.4) is 0 Å². The largest absolute Gasteiger partial charge is 0.452 e. The average molecular weight is 997 g/mol. The Morgan fingerprint density at radius 3 is 1.27 bits per heavy atom. The molecule has 27 heteroatoms. The fraction of sp³-hybridized carbons (Fsp3) is 0.769. The molecule has 6 unspecified atom stereocenters. The Hall–Kier alpha value is -3.75. The molecule has 0 aromatic rings.